The average molecular weight is 290 g/mol. The summed E-state index contributed by atoms with van der Waals surface area (Å²) in [6, 6.07) is 4.19. The molecule has 0 bridgehead atoms. The van der Waals surface area contributed by atoms with Crippen molar-refractivity contribution in [3.05, 3.63) is 18.3 Å². The minimum atomic E-state index is -0.107. The molecule has 2 saturated heterocycles. The molecule has 6 heteroatoms. The zero-order valence-electron chi connectivity index (χ0n) is 12.6. The molecule has 0 amide bonds. The molecule has 0 N–H and O–H groups in total. The minimum absolute atomic E-state index is 0.0321. The Kier molecular flexibility index (Phi) is 4.05. The zero-order chi connectivity index (χ0) is 14.8. The van der Waals surface area contributed by atoms with E-state index < -0.39 is 0 Å². The quantitative estimate of drug-likeness (QED) is 0.774. The first kappa shape index (κ1) is 14.3. The fourth-order valence-electron chi connectivity index (χ4n) is 3.33. The van der Waals surface area contributed by atoms with Gasteiger partial charge in [-0.15, -0.1) is 5.10 Å². The highest BCUT2D eigenvalue weighted by Crippen LogP contribution is 2.26. The maximum absolute atomic E-state index is 11.9. The monoisotopic (exact) mass is 290 g/mol. The molecule has 0 saturated carbocycles. The fraction of sp³-hybridized carbons (Fsp3) is 0.667. The highest BCUT2D eigenvalue weighted by molar-refractivity contribution is 5.77. The molecular weight excluding hydrogens is 268 g/mol. The van der Waals surface area contributed by atoms with Crippen molar-refractivity contribution in [2.45, 2.75) is 44.4 Å². The number of ether oxygens (including phenoxy) is 1. The molecular formula is C15H22N4O2. The van der Waals surface area contributed by atoms with Crippen LogP contribution in [0.25, 0.3) is 0 Å². The number of nitrogens with zero attached hydrogens (tertiary/aromatic N) is 4. The van der Waals surface area contributed by atoms with Gasteiger partial charge in [0, 0.05) is 31.7 Å². The van der Waals surface area contributed by atoms with Crippen LogP contribution in [0.3, 0.4) is 0 Å². The van der Waals surface area contributed by atoms with Crippen LogP contribution in [0.5, 0.6) is 0 Å². The smallest absolute Gasteiger partial charge is 0.323 e. The van der Waals surface area contributed by atoms with E-state index in [2.05, 4.69) is 20.0 Å². The highest BCUT2D eigenvalue weighted by Gasteiger charge is 2.37. The van der Waals surface area contributed by atoms with Gasteiger partial charge in [0.1, 0.15) is 12.1 Å². The van der Waals surface area contributed by atoms with Crippen LogP contribution >= 0.6 is 0 Å². The van der Waals surface area contributed by atoms with Gasteiger partial charge in [0.05, 0.1) is 0 Å². The normalized spacial score (nSPS) is 29.2. The van der Waals surface area contributed by atoms with Crippen molar-refractivity contribution in [2.24, 2.45) is 0 Å². The SMILES string of the molecule is C[C@@H]1C[C@H](N(C)C[C@H]2CCCN2c2cccnn2)C(=O)O1. The summed E-state index contributed by atoms with van der Waals surface area (Å²) in [4.78, 5) is 16.3. The predicted octanol–water partition coefficient (Wildman–Crippen LogP) is 1.08. The van der Waals surface area contributed by atoms with Gasteiger partial charge < -0.3 is 9.64 Å². The van der Waals surface area contributed by atoms with Gasteiger partial charge in [0.25, 0.3) is 0 Å². The lowest BCUT2D eigenvalue weighted by Gasteiger charge is -2.30. The van der Waals surface area contributed by atoms with E-state index in [0.29, 0.717) is 6.04 Å². The van der Waals surface area contributed by atoms with Crippen LogP contribution in [0.15, 0.2) is 18.3 Å². The molecule has 0 aromatic carbocycles. The Morgan fingerprint density at radius 1 is 1.52 bits per heavy atom. The maximum atomic E-state index is 11.9. The predicted molar refractivity (Wildman–Crippen MR) is 79.0 cm³/mol. The first-order chi connectivity index (χ1) is 10.1. The van der Waals surface area contributed by atoms with Crippen LogP contribution in [0.2, 0.25) is 0 Å². The van der Waals surface area contributed by atoms with E-state index in [0.717, 1.165) is 38.2 Å². The first-order valence-corrected chi connectivity index (χ1v) is 7.60. The number of esters is 1. The average Bonchev–Trinajstić information content (AvgIpc) is 3.06. The van der Waals surface area contributed by atoms with Gasteiger partial charge in [0.2, 0.25) is 0 Å². The largest absolute Gasteiger partial charge is 0.461 e. The van der Waals surface area contributed by atoms with Gasteiger partial charge in [0.15, 0.2) is 5.82 Å². The molecule has 0 radical (unpaired) electrons. The van der Waals surface area contributed by atoms with E-state index in [-0.39, 0.29) is 18.1 Å². The lowest BCUT2D eigenvalue weighted by Crippen LogP contribution is -2.44. The van der Waals surface area contributed by atoms with E-state index in [4.69, 9.17) is 4.74 Å². The first-order valence-electron chi connectivity index (χ1n) is 7.60. The summed E-state index contributed by atoms with van der Waals surface area (Å²) >= 11 is 0. The molecule has 1 aromatic rings. The lowest BCUT2D eigenvalue weighted by molar-refractivity contribution is -0.144. The zero-order valence-corrected chi connectivity index (χ0v) is 12.6. The molecule has 1 aromatic heterocycles. The van der Waals surface area contributed by atoms with Crippen LogP contribution in [0.1, 0.15) is 26.2 Å². The molecule has 3 rings (SSSR count). The summed E-state index contributed by atoms with van der Waals surface area (Å²) in [6.45, 7) is 3.80. The molecule has 21 heavy (non-hydrogen) atoms. The van der Waals surface area contributed by atoms with Gasteiger partial charge in [-0.2, -0.15) is 5.10 Å². The number of rotatable bonds is 4. The number of likely N-dealkylation sites (N-methyl/N-ethyl adjacent to an activating group) is 1. The van der Waals surface area contributed by atoms with E-state index >= 15 is 0 Å². The Morgan fingerprint density at radius 2 is 2.38 bits per heavy atom. The number of carbonyl (C=O) groups is 1. The molecule has 114 valence electrons. The number of hydrogen-bond donors (Lipinski definition) is 0. The van der Waals surface area contributed by atoms with Crippen molar-refractivity contribution < 1.29 is 9.53 Å². The summed E-state index contributed by atoms with van der Waals surface area (Å²) < 4.78 is 5.25. The van der Waals surface area contributed by atoms with Crippen molar-refractivity contribution in [1.29, 1.82) is 0 Å². The van der Waals surface area contributed by atoms with Crippen LogP contribution < -0.4 is 4.90 Å². The second-order valence-corrected chi connectivity index (χ2v) is 6.01. The van der Waals surface area contributed by atoms with E-state index in [1.165, 1.54) is 0 Å². The van der Waals surface area contributed by atoms with Crippen LogP contribution in [-0.4, -0.2) is 59.4 Å². The summed E-state index contributed by atoms with van der Waals surface area (Å²) in [5, 5.41) is 8.17. The standard InChI is InChI=1S/C15H22N4O2/c1-11-9-13(15(20)21-11)18(2)10-12-5-4-8-19(12)14-6-3-7-16-17-14/h3,6-7,11-13H,4-5,8-10H2,1-2H3/t11-,12-,13+/m1/s1. The fourth-order valence-corrected chi connectivity index (χ4v) is 3.33. The molecule has 3 heterocycles. The molecule has 2 aliphatic heterocycles. The summed E-state index contributed by atoms with van der Waals surface area (Å²) in [5.41, 5.74) is 0. The molecule has 0 aliphatic carbocycles. The molecule has 0 spiro atoms. The van der Waals surface area contributed by atoms with E-state index in [1.54, 1.807) is 6.20 Å². The minimum Gasteiger partial charge on any atom is -0.461 e. The van der Waals surface area contributed by atoms with Crippen molar-refractivity contribution >= 4 is 11.8 Å². The Balaban J connectivity index is 1.65. The Morgan fingerprint density at radius 3 is 3.05 bits per heavy atom. The summed E-state index contributed by atoms with van der Waals surface area (Å²) in [7, 11) is 2.01. The summed E-state index contributed by atoms with van der Waals surface area (Å²) in [6.07, 6.45) is 4.78. The third-order valence-corrected chi connectivity index (χ3v) is 4.41. The Hall–Kier alpha value is -1.69. The van der Waals surface area contributed by atoms with Gasteiger partial charge in [-0.05, 0) is 38.9 Å². The lowest BCUT2D eigenvalue weighted by atomic mass is 10.1. The third-order valence-electron chi connectivity index (χ3n) is 4.41. The highest BCUT2D eigenvalue weighted by atomic mass is 16.6. The van der Waals surface area contributed by atoms with Gasteiger partial charge in [-0.25, -0.2) is 0 Å². The second kappa shape index (κ2) is 5.97. The number of anilines is 1. The van der Waals surface area contributed by atoms with Crippen molar-refractivity contribution in [3.8, 4) is 0 Å². The van der Waals surface area contributed by atoms with Crippen molar-refractivity contribution in [2.75, 3.05) is 25.0 Å². The third kappa shape index (κ3) is 3.00. The summed E-state index contributed by atoms with van der Waals surface area (Å²) in [5.74, 6) is 0.838. The topological polar surface area (TPSA) is 58.6 Å². The maximum Gasteiger partial charge on any atom is 0.323 e. The molecule has 6 nitrogen and oxygen atoms in total. The van der Waals surface area contributed by atoms with Gasteiger partial charge >= 0.3 is 5.97 Å². The van der Waals surface area contributed by atoms with Crippen molar-refractivity contribution in [1.82, 2.24) is 15.1 Å². The molecule has 0 unspecified atom stereocenters. The number of hydrogen-bond acceptors (Lipinski definition) is 6. The molecule has 2 aliphatic rings. The van der Waals surface area contributed by atoms with Crippen LogP contribution in [0.4, 0.5) is 5.82 Å². The van der Waals surface area contributed by atoms with Crippen molar-refractivity contribution in [3.63, 3.8) is 0 Å². The number of aromatic nitrogens is 2. The molecule has 3 atom stereocenters. The van der Waals surface area contributed by atoms with E-state index in [9.17, 15) is 4.79 Å². The van der Waals surface area contributed by atoms with E-state index in [1.807, 2.05) is 26.1 Å². The van der Waals surface area contributed by atoms with Gasteiger partial charge in [-0.3, -0.25) is 9.69 Å². The van der Waals surface area contributed by atoms with Gasteiger partial charge in [-0.1, -0.05) is 0 Å². The second-order valence-electron chi connectivity index (χ2n) is 6.01. The number of carbonyl (C=O) groups excluding carboxylic acids is 1. The Labute approximate surface area is 125 Å². The number of cyclic esters (lactones) is 1. The Bertz CT molecular complexity index is 496. The van der Waals surface area contributed by atoms with Crippen LogP contribution in [0, 0.1) is 0 Å². The molecule has 2 fully saturated rings. The van der Waals surface area contributed by atoms with Crippen LogP contribution in [-0.2, 0) is 9.53 Å².